The second-order valence-corrected chi connectivity index (χ2v) is 7.58. The molecular weight excluding hydrogens is 276 g/mol. The summed E-state index contributed by atoms with van der Waals surface area (Å²) in [7, 11) is -3.54. The molecule has 2 atom stereocenters. The molecule has 2 fully saturated rings. The summed E-state index contributed by atoms with van der Waals surface area (Å²) in [6, 6.07) is 3.52. The standard InChI is InChI=1S/C14H20N2O3S/c1-9-3-6-13(15)14(10(9)2)20(17,18)16-7-11-4-5-12(8-16)19-11/h3,6,11-12H,4-5,7-8,15H2,1-2H3. The van der Waals surface area contributed by atoms with E-state index in [1.807, 2.05) is 19.9 Å². The fourth-order valence-electron chi connectivity index (χ4n) is 3.06. The molecule has 0 spiro atoms. The van der Waals surface area contributed by atoms with Gasteiger partial charge < -0.3 is 10.5 Å². The number of rotatable bonds is 2. The van der Waals surface area contributed by atoms with Gasteiger partial charge in [-0.05, 0) is 43.9 Å². The van der Waals surface area contributed by atoms with Crippen LogP contribution in [-0.4, -0.2) is 38.0 Å². The molecule has 6 heteroatoms. The highest BCUT2D eigenvalue weighted by molar-refractivity contribution is 7.89. The molecule has 2 saturated heterocycles. The van der Waals surface area contributed by atoms with Crippen molar-refractivity contribution < 1.29 is 13.2 Å². The predicted octanol–water partition coefficient (Wildman–Crippen LogP) is 1.44. The molecule has 3 rings (SSSR count). The lowest BCUT2D eigenvalue weighted by molar-refractivity contribution is -0.0114. The highest BCUT2D eigenvalue weighted by atomic mass is 32.2. The van der Waals surface area contributed by atoms with Gasteiger partial charge in [0.1, 0.15) is 4.90 Å². The molecule has 0 aromatic heterocycles. The van der Waals surface area contributed by atoms with Crippen LogP contribution in [0.3, 0.4) is 0 Å². The predicted molar refractivity (Wildman–Crippen MR) is 77.0 cm³/mol. The average Bonchev–Trinajstić information content (AvgIpc) is 2.73. The Kier molecular flexibility index (Phi) is 3.27. The molecular formula is C14H20N2O3S. The lowest BCUT2D eigenvalue weighted by atomic mass is 10.1. The molecule has 2 aliphatic rings. The van der Waals surface area contributed by atoms with E-state index >= 15 is 0 Å². The Balaban J connectivity index is 2.02. The molecule has 0 aliphatic carbocycles. The van der Waals surface area contributed by atoms with Crippen molar-refractivity contribution in [3.05, 3.63) is 23.3 Å². The lowest BCUT2D eigenvalue weighted by Gasteiger charge is -2.32. The van der Waals surface area contributed by atoms with Crippen molar-refractivity contribution in [2.24, 2.45) is 0 Å². The van der Waals surface area contributed by atoms with Gasteiger partial charge in [-0.25, -0.2) is 8.42 Å². The van der Waals surface area contributed by atoms with Crippen LogP contribution >= 0.6 is 0 Å². The minimum absolute atomic E-state index is 0.0369. The number of ether oxygens (including phenoxy) is 1. The number of morpholine rings is 1. The first-order chi connectivity index (χ1) is 9.39. The van der Waals surface area contributed by atoms with Gasteiger partial charge in [-0.2, -0.15) is 4.31 Å². The van der Waals surface area contributed by atoms with Crippen molar-refractivity contribution in [1.29, 1.82) is 0 Å². The first-order valence-electron chi connectivity index (χ1n) is 6.91. The number of nitrogen functional groups attached to an aromatic ring is 1. The highest BCUT2D eigenvalue weighted by Crippen LogP contribution is 2.33. The summed E-state index contributed by atoms with van der Waals surface area (Å²) < 4.78 is 33.0. The van der Waals surface area contributed by atoms with Crippen LogP contribution in [0.4, 0.5) is 5.69 Å². The van der Waals surface area contributed by atoms with E-state index in [9.17, 15) is 8.42 Å². The summed E-state index contributed by atoms with van der Waals surface area (Å²) in [6.07, 6.45) is 1.96. The van der Waals surface area contributed by atoms with Crippen LogP contribution < -0.4 is 5.73 Å². The van der Waals surface area contributed by atoms with Gasteiger partial charge in [0.15, 0.2) is 0 Å². The monoisotopic (exact) mass is 296 g/mol. The molecule has 20 heavy (non-hydrogen) atoms. The third-order valence-corrected chi connectivity index (χ3v) is 6.35. The van der Waals surface area contributed by atoms with E-state index < -0.39 is 10.0 Å². The summed E-state index contributed by atoms with van der Waals surface area (Å²) in [5.74, 6) is 0. The van der Waals surface area contributed by atoms with Crippen molar-refractivity contribution in [3.63, 3.8) is 0 Å². The maximum absolute atomic E-state index is 12.9. The smallest absolute Gasteiger partial charge is 0.245 e. The third-order valence-electron chi connectivity index (χ3n) is 4.32. The number of nitrogens with zero attached hydrogens (tertiary/aromatic N) is 1. The molecule has 5 nitrogen and oxygen atoms in total. The van der Waals surface area contributed by atoms with Gasteiger partial charge in [-0.15, -0.1) is 0 Å². The van der Waals surface area contributed by atoms with E-state index in [-0.39, 0.29) is 17.1 Å². The van der Waals surface area contributed by atoms with E-state index in [1.54, 1.807) is 6.07 Å². The molecule has 2 heterocycles. The molecule has 2 unspecified atom stereocenters. The Labute approximate surface area is 119 Å². The van der Waals surface area contributed by atoms with Crippen molar-refractivity contribution in [3.8, 4) is 0 Å². The van der Waals surface area contributed by atoms with Crippen molar-refractivity contribution >= 4 is 15.7 Å². The van der Waals surface area contributed by atoms with Crippen molar-refractivity contribution in [2.45, 2.75) is 43.8 Å². The third kappa shape index (κ3) is 2.12. The van der Waals surface area contributed by atoms with Gasteiger partial charge in [0.25, 0.3) is 0 Å². The van der Waals surface area contributed by atoms with Crippen LogP contribution in [0.2, 0.25) is 0 Å². The molecule has 0 amide bonds. The number of benzene rings is 1. The summed E-state index contributed by atoms with van der Waals surface area (Å²) in [5, 5.41) is 0. The maximum atomic E-state index is 12.9. The first kappa shape index (κ1) is 13.9. The van der Waals surface area contributed by atoms with Crippen LogP contribution in [-0.2, 0) is 14.8 Å². The van der Waals surface area contributed by atoms with E-state index in [1.165, 1.54) is 4.31 Å². The van der Waals surface area contributed by atoms with Crippen LogP contribution in [0, 0.1) is 13.8 Å². The molecule has 2 N–H and O–H groups in total. The number of sulfonamides is 1. The zero-order chi connectivity index (χ0) is 14.5. The number of anilines is 1. The van der Waals surface area contributed by atoms with Crippen LogP contribution in [0.1, 0.15) is 24.0 Å². The fourth-order valence-corrected chi connectivity index (χ4v) is 4.95. The van der Waals surface area contributed by atoms with E-state index in [0.717, 1.165) is 24.0 Å². The normalized spacial score (nSPS) is 26.9. The molecule has 2 bridgehead atoms. The second kappa shape index (κ2) is 4.72. The first-order valence-corrected chi connectivity index (χ1v) is 8.35. The summed E-state index contributed by atoms with van der Waals surface area (Å²) in [4.78, 5) is 0.263. The van der Waals surface area contributed by atoms with Gasteiger partial charge in [0.05, 0.1) is 17.9 Å². The second-order valence-electron chi connectivity index (χ2n) is 5.71. The molecule has 0 radical (unpaired) electrons. The molecule has 1 aromatic rings. The SMILES string of the molecule is Cc1ccc(N)c(S(=O)(=O)N2CC3CCC(C2)O3)c1C. The minimum Gasteiger partial charge on any atom is -0.398 e. The zero-order valence-electron chi connectivity index (χ0n) is 11.8. The average molecular weight is 296 g/mol. The van der Waals surface area contributed by atoms with Gasteiger partial charge in [0.2, 0.25) is 10.0 Å². The Hall–Kier alpha value is -1.11. The van der Waals surface area contributed by atoms with Crippen LogP contribution in [0.5, 0.6) is 0 Å². The summed E-state index contributed by atoms with van der Waals surface area (Å²) in [6.45, 7) is 4.59. The van der Waals surface area contributed by atoms with Gasteiger partial charge >= 0.3 is 0 Å². The Morgan fingerprint density at radius 2 is 1.80 bits per heavy atom. The van der Waals surface area contributed by atoms with Crippen molar-refractivity contribution in [1.82, 2.24) is 4.31 Å². The Morgan fingerprint density at radius 1 is 1.20 bits per heavy atom. The number of hydrogen-bond acceptors (Lipinski definition) is 4. The van der Waals surface area contributed by atoms with E-state index in [0.29, 0.717) is 18.8 Å². The molecule has 110 valence electrons. The fraction of sp³-hybridized carbons (Fsp3) is 0.571. The number of aryl methyl sites for hydroxylation is 1. The van der Waals surface area contributed by atoms with Gasteiger partial charge in [0, 0.05) is 13.1 Å². The van der Waals surface area contributed by atoms with E-state index in [4.69, 9.17) is 10.5 Å². The molecule has 0 saturated carbocycles. The summed E-state index contributed by atoms with van der Waals surface area (Å²) >= 11 is 0. The van der Waals surface area contributed by atoms with Crippen LogP contribution in [0.25, 0.3) is 0 Å². The number of nitrogens with two attached hydrogens (primary N) is 1. The summed E-state index contributed by atoms with van der Waals surface area (Å²) in [5.41, 5.74) is 7.94. The Morgan fingerprint density at radius 3 is 2.40 bits per heavy atom. The zero-order valence-corrected chi connectivity index (χ0v) is 12.6. The van der Waals surface area contributed by atoms with Crippen molar-refractivity contribution in [2.75, 3.05) is 18.8 Å². The molecule has 2 aliphatic heterocycles. The number of hydrogen-bond donors (Lipinski definition) is 1. The highest BCUT2D eigenvalue weighted by Gasteiger charge is 2.40. The maximum Gasteiger partial charge on any atom is 0.245 e. The van der Waals surface area contributed by atoms with Gasteiger partial charge in [-0.3, -0.25) is 0 Å². The largest absolute Gasteiger partial charge is 0.398 e. The lowest BCUT2D eigenvalue weighted by Crippen LogP contribution is -2.46. The van der Waals surface area contributed by atoms with Crippen LogP contribution in [0.15, 0.2) is 17.0 Å². The topological polar surface area (TPSA) is 72.6 Å². The number of fused-ring (bicyclic) bond motifs is 2. The van der Waals surface area contributed by atoms with Gasteiger partial charge in [-0.1, -0.05) is 6.07 Å². The Bertz CT molecular complexity index is 630. The quantitative estimate of drug-likeness (QED) is 0.838. The minimum atomic E-state index is -3.54. The van der Waals surface area contributed by atoms with E-state index in [2.05, 4.69) is 0 Å². The molecule has 1 aromatic carbocycles.